The van der Waals surface area contributed by atoms with Crippen molar-refractivity contribution in [2.45, 2.75) is 13.3 Å². The highest BCUT2D eigenvalue weighted by molar-refractivity contribution is 6.17. The Morgan fingerprint density at radius 3 is 2.06 bits per heavy atom. The largest absolute Gasteiger partial charge is 0.465 e. The van der Waals surface area contributed by atoms with E-state index in [1.54, 1.807) is 6.07 Å². The second-order valence-corrected chi connectivity index (χ2v) is 7.41. The summed E-state index contributed by atoms with van der Waals surface area (Å²) in [6, 6.07) is 19.0. The lowest BCUT2D eigenvalue weighted by atomic mass is 9.90. The number of Topliss-reactive ketones (excluding diaryl/α,β-unsaturated/α-hetero) is 1. The van der Waals surface area contributed by atoms with Gasteiger partial charge < -0.3 is 9.47 Å². The van der Waals surface area contributed by atoms with Crippen molar-refractivity contribution >= 4 is 39.4 Å². The molecule has 0 fully saturated rings. The van der Waals surface area contributed by atoms with Gasteiger partial charge in [0.05, 0.1) is 36.6 Å². The maximum atomic E-state index is 12.8. The van der Waals surface area contributed by atoms with Crippen LogP contribution in [-0.4, -0.2) is 36.9 Å². The Morgan fingerprint density at radius 1 is 0.812 bits per heavy atom. The fourth-order valence-corrected chi connectivity index (χ4v) is 4.00. The zero-order chi connectivity index (χ0) is 22.8. The molecule has 0 radical (unpaired) electrons. The van der Waals surface area contributed by atoms with Crippen LogP contribution < -0.4 is 0 Å². The molecule has 0 unspecified atom stereocenters. The van der Waals surface area contributed by atoms with Crippen molar-refractivity contribution in [3.63, 3.8) is 0 Å². The van der Waals surface area contributed by atoms with Crippen LogP contribution in [-0.2, 0) is 20.7 Å². The average Bonchev–Trinajstić information content (AvgIpc) is 2.82. The first-order valence-electron chi connectivity index (χ1n) is 10.1. The van der Waals surface area contributed by atoms with Crippen LogP contribution in [0.4, 0.5) is 0 Å². The van der Waals surface area contributed by atoms with Crippen molar-refractivity contribution in [2.24, 2.45) is 0 Å². The van der Waals surface area contributed by atoms with Crippen LogP contribution in [0.3, 0.4) is 0 Å². The van der Waals surface area contributed by atoms with Crippen LogP contribution in [0.2, 0.25) is 0 Å². The molecule has 6 nitrogen and oxygen atoms in total. The molecule has 0 spiro atoms. The molecule has 32 heavy (non-hydrogen) atoms. The average molecular weight is 427 g/mol. The van der Waals surface area contributed by atoms with E-state index in [1.165, 1.54) is 21.1 Å². The molecule has 0 N–H and O–H groups in total. The molecule has 1 heterocycles. The quantitative estimate of drug-likeness (QED) is 0.337. The summed E-state index contributed by atoms with van der Waals surface area (Å²) in [6.07, 6.45) is -0.0780. The second-order valence-electron chi connectivity index (χ2n) is 7.41. The Kier molecular flexibility index (Phi) is 5.69. The number of methoxy groups -OCH3 is 2. The van der Waals surface area contributed by atoms with E-state index in [4.69, 9.17) is 14.5 Å². The van der Waals surface area contributed by atoms with Crippen LogP contribution in [0, 0.1) is 0 Å². The molecule has 3 aromatic carbocycles. The fourth-order valence-electron chi connectivity index (χ4n) is 4.00. The number of benzene rings is 3. The van der Waals surface area contributed by atoms with E-state index in [0.717, 1.165) is 22.0 Å². The van der Waals surface area contributed by atoms with Crippen molar-refractivity contribution in [3.05, 3.63) is 77.4 Å². The first kappa shape index (κ1) is 21.2. The van der Waals surface area contributed by atoms with Gasteiger partial charge in [0, 0.05) is 28.3 Å². The molecule has 0 aliphatic carbocycles. The van der Waals surface area contributed by atoms with Crippen molar-refractivity contribution in [2.75, 3.05) is 14.2 Å². The molecule has 0 amide bonds. The SMILES string of the molecule is COC(=O)c1cc2c(nc(-c3ccccc3)c3ccccc32)c(CC(C)=O)c1C(=O)OC. The third-order valence-electron chi connectivity index (χ3n) is 5.36. The summed E-state index contributed by atoms with van der Waals surface area (Å²) >= 11 is 0. The topological polar surface area (TPSA) is 82.6 Å². The smallest absolute Gasteiger partial charge is 0.339 e. The number of hydrogen-bond acceptors (Lipinski definition) is 6. The molecule has 0 aliphatic rings. The predicted molar refractivity (Wildman–Crippen MR) is 122 cm³/mol. The van der Waals surface area contributed by atoms with E-state index in [2.05, 4.69) is 0 Å². The van der Waals surface area contributed by atoms with Gasteiger partial charge in [-0.2, -0.15) is 0 Å². The van der Waals surface area contributed by atoms with Gasteiger partial charge in [-0.15, -0.1) is 0 Å². The maximum Gasteiger partial charge on any atom is 0.339 e. The standard InChI is InChI=1S/C26H21NO5/c1-15(28)13-20-22(26(30)32-3)21(25(29)31-2)14-19-17-11-7-8-12-18(17)23(27-24(19)20)16-9-5-4-6-10-16/h4-12,14H,13H2,1-3H3. The van der Waals surface area contributed by atoms with Crippen LogP contribution in [0.25, 0.3) is 32.9 Å². The third-order valence-corrected chi connectivity index (χ3v) is 5.36. The Bertz CT molecular complexity index is 1380. The lowest BCUT2D eigenvalue weighted by molar-refractivity contribution is -0.116. The molecular weight excluding hydrogens is 406 g/mol. The van der Waals surface area contributed by atoms with Gasteiger partial charge in [0.15, 0.2) is 0 Å². The van der Waals surface area contributed by atoms with Gasteiger partial charge in [-0.05, 0) is 18.4 Å². The van der Waals surface area contributed by atoms with Crippen molar-refractivity contribution in [1.29, 1.82) is 0 Å². The minimum atomic E-state index is -0.722. The molecule has 0 saturated carbocycles. The van der Waals surface area contributed by atoms with Crippen LogP contribution in [0.15, 0.2) is 60.7 Å². The van der Waals surface area contributed by atoms with Gasteiger partial charge in [-0.3, -0.25) is 4.79 Å². The Balaban J connectivity index is 2.24. The Labute approximate surface area is 184 Å². The van der Waals surface area contributed by atoms with E-state index in [-0.39, 0.29) is 23.3 Å². The lowest BCUT2D eigenvalue weighted by Gasteiger charge is -2.17. The van der Waals surface area contributed by atoms with E-state index < -0.39 is 11.9 Å². The minimum Gasteiger partial charge on any atom is -0.465 e. The Hall–Kier alpha value is -4.06. The lowest BCUT2D eigenvalue weighted by Crippen LogP contribution is -2.17. The van der Waals surface area contributed by atoms with Gasteiger partial charge in [0.2, 0.25) is 0 Å². The predicted octanol–water partition coefficient (Wildman–Crippen LogP) is 4.76. The first-order valence-corrected chi connectivity index (χ1v) is 10.1. The molecule has 0 atom stereocenters. The number of rotatable bonds is 5. The number of aromatic nitrogens is 1. The normalized spacial score (nSPS) is 10.8. The highest BCUT2D eigenvalue weighted by Crippen LogP contribution is 2.36. The molecule has 4 rings (SSSR count). The molecule has 1 aromatic heterocycles. The molecule has 0 aliphatic heterocycles. The van der Waals surface area contributed by atoms with Gasteiger partial charge >= 0.3 is 11.9 Å². The second kappa shape index (κ2) is 8.59. The summed E-state index contributed by atoms with van der Waals surface area (Å²) in [5.41, 5.74) is 2.50. The number of carbonyl (C=O) groups is 3. The maximum absolute atomic E-state index is 12.8. The number of hydrogen-bond donors (Lipinski definition) is 0. The number of ketones is 1. The van der Waals surface area contributed by atoms with E-state index >= 15 is 0 Å². The fraction of sp³-hybridized carbons (Fsp3) is 0.154. The van der Waals surface area contributed by atoms with Crippen LogP contribution >= 0.6 is 0 Å². The summed E-state index contributed by atoms with van der Waals surface area (Å²) in [5, 5.41) is 2.40. The molecule has 160 valence electrons. The number of esters is 2. The molecule has 0 bridgehead atoms. The number of ether oxygens (including phenoxy) is 2. The van der Waals surface area contributed by atoms with Gasteiger partial charge in [-0.1, -0.05) is 54.6 Å². The van der Waals surface area contributed by atoms with Crippen LogP contribution in [0.5, 0.6) is 0 Å². The molecule has 4 aromatic rings. The van der Waals surface area contributed by atoms with Gasteiger partial charge in [-0.25, -0.2) is 14.6 Å². The van der Waals surface area contributed by atoms with E-state index in [9.17, 15) is 14.4 Å². The molecule has 0 saturated heterocycles. The third kappa shape index (κ3) is 3.60. The number of carbonyl (C=O) groups excluding carboxylic acids is 3. The summed E-state index contributed by atoms with van der Waals surface area (Å²) in [4.78, 5) is 42.5. The van der Waals surface area contributed by atoms with Crippen molar-refractivity contribution < 1.29 is 23.9 Å². The van der Waals surface area contributed by atoms with Crippen molar-refractivity contribution in [3.8, 4) is 11.3 Å². The highest BCUT2D eigenvalue weighted by Gasteiger charge is 2.27. The van der Waals surface area contributed by atoms with E-state index in [1.807, 2.05) is 54.6 Å². The molecule has 6 heteroatoms. The summed E-state index contributed by atoms with van der Waals surface area (Å²) < 4.78 is 9.89. The highest BCUT2D eigenvalue weighted by atomic mass is 16.5. The minimum absolute atomic E-state index is 0.00356. The Morgan fingerprint density at radius 2 is 1.44 bits per heavy atom. The first-order chi connectivity index (χ1) is 15.5. The zero-order valence-electron chi connectivity index (χ0n) is 18.0. The summed E-state index contributed by atoms with van der Waals surface area (Å²) in [7, 11) is 2.47. The monoisotopic (exact) mass is 427 g/mol. The number of fused-ring (bicyclic) bond motifs is 3. The number of pyridine rings is 1. The summed E-state index contributed by atoms with van der Waals surface area (Å²) in [5.74, 6) is -1.58. The van der Waals surface area contributed by atoms with Gasteiger partial charge in [0.25, 0.3) is 0 Å². The van der Waals surface area contributed by atoms with E-state index in [0.29, 0.717) is 16.5 Å². The summed E-state index contributed by atoms with van der Waals surface area (Å²) in [6.45, 7) is 1.43. The molecular formula is C26H21NO5. The van der Waals surface area contributed by atoms with Gasteiger partial charge in [0.1, 0.15) is 5.78 Å². The van der Waals surface area contributed by atoms with Crippen LogP contribution in [0.1, 0.15) is 33.2 Å². The number of nitrogens with zero attached hydrogens (tertiary/aromatic N) is 1. The zero-order valence-corrected chi connectivity index (χ0v) is 18.0. The van der Waals surface area contributed by atoms with Crippen molar-refractivity contribution in [1.82, 2.24) is 4.98 Å².